The SMILES string of the molecule is CCCNC(CCC1CC1)c1ncccc1Cl. The van der Waals surface area contributed by atoms with Crippen molar-refractivity contribution < 1.29 is 0 Å². The summed E-state index contributed by atoms with van der Waals surface area (Å²) < 4.78 is 0. The number of nitrogens with zero attached hydrogens (tertiary/aromatic N) is 1. The van der Waals surface area contributed by atoms with Crippen LogP contribution in [0.3, 0.4) is 0 Å². The van der Waals surface area contributed by atoms with Crippen LogP contribution in [-0.4, -0.2) is 11.5 Å². The monoisotopic (exact) mass is 252 g/mol. The maximum Gasteiger partial charge on any atom is 0.0758 e. The minimum absolute atomic E-state index is 0.323. The molecule has 0 bridgehead atoms. The Kier molecular flexibility index (Phi) is 4.81. The molecule has 1 N–H and O–H groups in total. The summed E-state index contributed by atoms with van der Waals surface area (Å²) in [6.45, 7) is 3.22. The molecule has 1 aliphatic carbocycles. The summed E-state index contributed by atoms with van der Waals surface area (Å²) in [5, 5.41) is 4.35. The quantitative estimate of drug-likeness (QED) is 0.794. The maximum atomic E-state index is 6.23. The van der Waals surface area contributed by atoms with E-state index in [2.05, 4.69) is 17.2 Å². The summed E-state index contributed by atoms with van der Waals surface area (Å²) in [6.07, 6.45) is 8.26. The standard InChI is InChI=1S/C14H21ClN2/c1-2-9-16-13(8-7-11-5-6-11)14-12(15)4-3-10-17-14/h3-4,10-11,13,16H,2,5-9H2,1H3. The number of pyridine rings is 1. The molecule has 1 saturated carbocycles. The van der Waals surface area contributed by atoms with Crippen LogP contribution in [0.1, 0.15) is 50.8 Å². The van der Waals surface area contributed by atoms with Gasteiger partial charge in [0.15, 0.2) is 0 Å². The Labute approximate surface area is 109 Å². The Balaban J connectivity index is 1.99. The van der Waals surface area contributed by atoms with Crippen molar-refractivity contribution in [3.8, 4) is 0 Å². The molecule has 1 aliphatic rings. The van der Waals surface area contributed by atoms with Gasteiger partial charge in [0.2, 0.25) is 0 Å². The summed E-state index contributed by atoms with van der Waals surface area (Å²) >= 11 is 6.23. The Morgan fingerprint density at radius 2 is 2.35 bits per heavy atom. The van der Waals surface area contributed by atoms with E-state index >= 15 is 0 Å². The fourth-order valence-corrected chi connectivity index (χ4v) is 2.37. The third-order valence-electron chi connectivity index (χ3n) is 3.32. The van der Waals surface area contributed by atoms with E-state index in [1.54, 1.807) is 0 Å². The van der Waals surface area contributed by atoms with Crippen LogP contribution in [0.5, 0.6) is 0 Å². The summed E-state index contributed by atoms with van der Waals surface area (Å²) in [6, 6.07) is 4.15. The molecule has 1 heterocycles. The second kappa shape index (κ2) is 6.36. The van der Waals surface area contributed by atoms with Crippen LogP contribution in [0, 0.1) is 5.92 Å². The third-order valence-corrected chi connectivity index (χ3v) is 3.64. The minimum atomic E-state index is 0.323. The zero-order valence-corrected chi connectivity index (χ0v) is 11.2. The van der Waals surface area contributed by atoms with Crippen molar-refractivity contribution in [2.45, 2.75) is 45.1 Å². The Hall–Kier alpha value is -0.600. The first-order valence-electron chi connectivity index (χ1n) is 6.65. The number of halogens is 1. The lowest BCUT2D eigenvalue weighted by Crippen LogP contribution is -2.23. The van der Waals surface area contributed by atoms with Crippen molar-refractivity contribution in [1.29, 1.82) is 0 Å². The van der Waals surface area contributed by atoms with Gasteiger partial charge in [-0.1, -0.05) is 31.4 Å². The van der Waals surface area contributed by atoms with E-state index < -0.39 is 0 Å². The fraction of sp³-hybridized carbons (Fsp3) is 0.643. The predicted octanol–water partition coefficient (Wildman–Crippen LogP) is 3.97. The molecule has 2 nitrogen and oxygen atoms in total. The molecule has 1 aromatic heterocycles. The second-order valence-corrected chi connectivity index (χ2v) is 5.31. The molecular formula is C14H21ClN2. The molecule has 1 aromatic rings. The highest BCUT2D eigenvalue weighted by molar-refractivity contribution is 6.31. The normalized spacial score (nSPS) is 17.1. The van der Waals surface area contributed by atoms with Gasteiger partial charge >= 0.3 is 0 Å². The first kappa shape index (κ1) is 12.8. The van der Waals surface area contributed by atoms with Crippen LogP contribution in [0.2, 0.25) is 5.02 Å². The van der Waals surface area contributed by atoms with Gasteiger partial charge in [-0.15, -0.1) is 0 Å². The summed E-state index contributed by atoms with van der Waals surface area (Å²) in [4.78, 5) is 4.44. The number of hydrogen-bond donors (Lipinski definition) is 1. The van der Waals surface area contributed by atoms with Crippen molar-refractivity contribution in [3.63, 3.8) is 0 Å². The molecule has 0 amide bonds. The van der Waals surface area contributed by atoms with Crippen LogP contribution < -0.4 is 5.32 Å². The van der Waals surface area contributed by atoms with Gasteiger partial charge in [0.05, 0.1) is 16.8 Å². The Morgan fingerprint density at radius 3 is 3.00 bits per heavy atom. The molecular weight excluding hydrogens is 232 g/mol. The molecule has 94 valence electrons. The van der Waals surface area contributed by atoms with E-state index in [-0.39, 0.29) is 0 Å². The average molecular weight is 253 g/mol. The van der Waals surface area contributed by atoms with Gasteiger partial charge < -0.3 is 5.32 Å². The van der Waals surface area contributed by atoms with Crippen molar-refractivity contribution in [3.05, 3.63) is 29.0 Å². The highest BCUT2D eigenvalue weighted by Crippen LogP contribution is 2.36. The first-order chi connectivity index (χ1) is 8.31. The molecule has 2 rings (SSSR count). The van der Waals surface area contributed by atoms with E-state index in [4.69, 9.17) is 11.6 Å². The molecule has 1 fully saturated rings. The van der Waals surface area contributed by atoms with Gasteiger partial charge in [0, 0.05) is 6.20 Å². The highest BCUT2D eigenvalue weighted by atomic mass is 35.5. The van der Waals surface area contributed by atoms with Gasteiger partial charge in [-0.25, -0.2) is 0 Å². The zero-order valence-electron chi connectivity index (χ0n) is 10.5. The van der Waals surface area contributed by atoms with Crippen LogP contribution in [0.25, 0.3) is 0 Å². The van der Waals surface area contributed by atoms with Crippen LogP contribution in [0.4, 0.5) is 0 Å². The number of nitrogens with one attached hydrogen (secondary N) is 1. The lowest BCUT2D eigenvalue weighted by atomic mass is 10.0. The largest absolute Gasteiger partial charge is 0.309 e. The van der Waals surface area contributed by atoms with Crippen molar-refractivity contribution in [2.24, 2.45) is 5.92 Å². The highest BCUT2D eigenvalue weighted by Gasteiger charge is 2.24. The van der Waals surface area contributed by atoms with E-state index in [0.717, 1.165) is 36.0 Å². The molecule has 0 aromatic carbocycles. The van der Waals surface area contributed by atoms with E-state index in [9.17, 15) is 0 Å². The van der Waals surface area contributed by atoms with Gasteiger partial charge in [-0.2, -0.15) is 0 Å². The average Bonchev–Trinajstić information content (AvgIpc) is 3.15. The molecule has 17 heavy (non-hydrogen) atoms. The molecule has 0 spiro atoms. The zero-order chi connectivity index (χ0) is 12.1. The van der Waals surface area contributed by atoms with Gasteiger partial charge in [-0.05, 0) is 43.9 Å². The van der Waals surface area contributed by atoms with Gasteiger partial charge in [0.25, 0.3) is 0 Å². The van der Waals surface area contributed by atoms with Crippen LogP contribution in [0.15, 0.2) is 18.3 Å². The number of aromatic nitrogens is 1. The lowest BCUT2D eigenvalue weighted by molar-refractivity contribution is 0.461. The smallest absolute Gasteiger partial charge is 0.0758 e. The Morgan fingerprint density at radius 1 is 1.53 bits per heavy atom. The molecule has 3 heteroatoms. The number of rotatable bonds is 7. The van der Waals surface area contributed by atoms with E-state index in [1.165, 1.54) is 19.3 Å². The second-order valence-electron chi connectivity index (χ2n) is 4.90. The number of hydrogen-bond acceptors (Lipinski definition) is 2. The molecule has 0 radical (unpaired) electrons. The Bertz CT molecular complexity index is 350. The van der Waals surface area contributed by atoms with Crippen LogP contribution >= 0.6 is 11.6 Å². The fourth-order valence-electron chi connectivity index (χ4n) is 2.12. The van der Waals surface area contributed by atoms with Crippen LogP contribution in [-0.2, 0) is 0 Å². The van der Waals surface area contributed by atoms with Crippen molar-refractivity contribution >= 4 is 11.6 Å². The molecule has 1 unspecified atom stereocenters. The molecule has 1 atom stereocenters. The maximum absolute atomic E-state index is 6.23. The molecule has 0 saturated heterocycles. The minimum Gasteiger partial charge on any atom is -0.309 e. The van der Waals surface area contributed by atoms with Crippen molar-refractivity contribution in [1.82, 2.24) is 10.3 Å². The van der Waals surface area contributed by atoms with Crippen molar-refractivity contribution in [2.75, 3.05) is 6.54 Å². The summed E-state index contributed by atoms with van der Waals surface area (Å²) in [7, 11) is 0. The topological polar surface area (TPSA) is 24.9 Å². The first-order valence-corrected chi connectivity index (χ1v) is 7.03. The third kappa shape index (κ3) is 3.97. The summed E-state index contributed by atoms with van der Waals surface area (Å²) in [5.41, 5.74) is 1.02. The summed E-state index contributed by atoms with van der Waals surface area (Å²) in [5.74, 6) is 0.961. The van der Waals surface area contributed by atoms with E-state index in [1.807, 2.05) is 18.3 Å². The van der Waals surface area contributed by atoms with E-state index in [0.29, 0.717) is 6.04 Å². The van der Waals surface area contributed by atoms with Gasteiger partial charge in [0.1, 0.15) is 0 Å². The molecule has 0 aliphatic heterocycles. The lowest BCUT2D eigenvalue weighted by Gasteiger charge is -2.18. The predicted molar refractivity (Wildman–Crippen MR) is 72.2 cm³/mol. The van der Waals surface area contributed by atoms with Gasteiger partial charge in [-0.3, -0.25) is 4.98 Å².